The molecule has 1 atom stereocenters. The molecule has 1 aromatic rings. The van der Waals surface area contributed by atoms with E-state index < -0.39 is 0 Å². The van der Waals surface area contributed by atoms with Gasteiger partial charge in [0.1, 0.15) is 0 Å². The van der Waals surface area contributed by atoms with Gasteiger partial charge in [-0.25, -0.2) is 0 Å². The molecule has 0 amide bonds. The highest BCUT2D eigenvalue weighted by molar-refractivity contribution is 7.16. The van der Waals surface area contributed by atoms with E-state index in [0.717, 1.165) is 10.3 Å². The molecule has 0 saturated carbocycles. The number of hydrogen-bond donors (Lipinski definition) is 1. The van der Waals surface area contributed by atoms with Gasteiger partial charge in [-0.05, 0) is 56.8 Å². The number of hydrogen-bond acceptors (Lipinski definition) is 2. The number of rotatable bonds is 2. The zero-order valence-corrected chi connectivity index (χ0v) is 9.83. The maximum absolute atomic E-state index is 5.92. The molecule has 14 heavy (non-hydrogen) atoms. The van der Waals surface area contributed by atoms with Gasteiger partial charge in [-0.15, -0.1) is 11.3 Å². The van der Waals surface area contributed by atoms with Crippen LogP contribution in [0.3, 0.4) is 0 Å². The van der Waals surface area contributed by atoms with E-state index in [0.29, 0.717) is 0 Å². The molecule has 78 valence electrons. The van der Waals surface area contributed by atoms with Crippen LogP contribution in [0.5, 0.6) is 0 Å². The van der Waals surface area contributed by atoms with Gasteiger partial charge < -0.3 is 5.32 Å². The first-order chi connectivity index (χ1) is 6.84. The number of halogens is 1. The summed E-state index contributed by atoms with van der Waals surface area (Å²) in [6.45, 7) is 2.38. The summed E-state index contributed by atoms with van der Waals surface area (Å²) in [7, 11) is 0. The third kappa shape index (κ3) is 2.97. The van der Waals surface area contributed by atoms with E-state index in [-0.39, 0.29) is 0 Å². The van der Waals surface area contributed by atoms with Gasteiger partial charge in [0, 0.05) is 4.88 Å². The Labute approximate surface area is 94.5 Å². The Kier molecular flexibility index (Phi) is 3.85. The van der Waals surface area contributed by atoms with Crippen LogP contribution in [-0.2, 0) is 6.42 Å². The second-order valence-corrected chi connectivity index (χ2v) is 5.76. The Morgan fingerprint density at radius 2 is 2.29 bits per heavy atom. The molecule has 0 spiro atoms. The van der Waals surface area contributed by atoms with Crippen molar-refractivity contribution in [2.75, 3.05) is 13.1 Å². The van der Waals surface area contributed by atoms with Gasteiger partial charge in [0.15, 0.2) is 0 Å². The molecule has 1 saturated heterocycles. The lowest BCUT2D eigenvalue weighted by atomic mass is 9.96. The van der Waals surface area contributed by atoms with Crippen LogP contribution in [0.1, 0.15) is 24.1 Å². The van der Waals surface area contributed by atoms with Crippen LogP contribution in [0.15, 0.2) is 12.1 Å². The molecule has 0 aliphatic carbocycles. The average molecular weight is 230 g/mol. The maximum Gasteiger partial charge on any atom is 0.0931 e. The molecule has 1 N–H and O–H groups in total. The highest BCUT2D eigenvalue weighted by Gasteiger charge is 2.13. The molecule has 1 aliphatic rings. The zero-order valence-electron chi connectivity index (χ0n) is 8.26. The normalized spacial score (nSPS) is 23.4. The molecule has 2 rings (SSSR count). The van der Waals surface area contributed by atoms with Crippen molar-refractivity contribution in [3.63, 3.8) is 0 Å². The second kappa shape index (κ2) is 5.15. The van der Waals surface area contributed by atoms with E-state index in [1.54, 1.807) is 11.3 Å². The SMILES string of the molecule is Clc1ccc(CC2CCCNCC2)s1. The van der Waals surface area contributed by atoms with E-state index in [9.17, 15) is 0 Å². The van der Waals surface area contributed by atoms with Gasteiger partial charge in [-0.1, -0.05) is 11.6 Å². The topological polar surface area (TPSA) is 12.0 Å². The van der Waals surface area contributed by atoms with Gasteiger partial charge in [-0.3, -0.25) is 0 Å². The van der Waals surface area contributed by atoms with Gasteiger partial charge >= 0.3 is 0 Å². The predicted molar refractivity (Wildman–Crippen MR) is 63.2 cm³/mol. The van der Waals surface area contributed by atoms with Crippen molar-refractivity contribution in [3.8, 4) is 0 Å². The summed E-state index contributed by atoms with van der Waals surface area (Å²) in [5, 5.41) is 3.45. The molecule has 3 heteroatoms. The van der Waals surface area contributed by atoms with Crippen LogP contribution in [0.2, 0.25) is 4.34 Å². The molecule has 0 bridgehead atoms. The summed E-state index contributed by atoms with van der Waals surface area (Å²) >= 11 is 7.65. The van der Waals surface area contributed by atoms with Crippen LogP contribution in [0.25, 0.3) is 0 Å². The Morgan fingerprint density at radius 3 is 3.07 bits per heavy atom. The monoisotopic (exact) mass is 229 g/mol. The maximum atomic E-state index is 5.92. The van der Waals surface area contributed by atoms with Gasteiger partial charge in [-0.2, -0.15) is 0 Å². The van der Waals surface area contributed by atoms with E-state index in [1.807, 2.05) is 6.07 Å². The Bertz CT molecular complexity index is 277. The quantitative estimate of drug-likeness (QED) is 0.821. The van der Waals surface area contributed by atoms with Crippen molar-refractivity contribution in [3.05, 3.63) is 21.3 Å². The molecule has 1 aromatic heterocycles. The predicted octanol–water partition coefficient (Wildman–Crippen LogP) is 3.33. The minimum absolute atomic E-state index is 0.861. The molecular weight excluding hydrogens is 214 g/mol. The van der Waals surface area contributed by atoms with Crippen LogP contribution < -0.4 is 5.32 Å². The van der Waals surface area contributed by atoms with Gasteiger partial charge in [0.25, 0.3) is 0 Å². The molecule has 1 nitrogen and oxygen atoms in total. The van der Waals surface area contributed by atoms with Crippen molar-refractivity contribution in [2.45, 2.75) is 25.7 Å². The first kappa shape index (κ1) is 10.5. The van der Waals surface area contributed by atoms with Crippen molar-refractivity contribution in [1.82, 2.24) is 5.32 Å². The fraction of sp³-hybridized carbons (Fsp3) is 0.636. The first-order valence-electron chi connectivity index (χ1n) is 5.29. The van der Waals surface area contributed by atoms with E-state index in [4.69, 9.17) is 11.6 Å². The van der Waals surface area contributed by atoms with Crippen LogP contribution in [0, 0.1) is 5.92 Å². The smallest absolute Gasteiger partial charge is 0.0931 e. The average Bonchev–Trinajstić information content (AvgIpc) is 2.43. The van der Waals surface area contributed by atoms with Gasteiger partial charge in [0.05, 0.1) is 4.34 Å². The minimum atomic E-state index is 0.861. The number of nitrogens with one attached hydrogen (secondary N) is 1. The highest BCUT2D eigenvalue weighted by atomic mass is 35.5. The van der Waals surface area contributed by atoms with Crippen LogP contribution in [0.4, 0.5) is 0 Å². The van der Waals surface area contributed by atoms with Crippen molar-refractivity contribution >= 4 is 22.9 Å². The lowest BCUT2D eigenvalue weighted by Gasteiger charge is -2.11. The summed E-state index contributed by atoms with van der Waals surface area (Å²) in [4.78, 5) is 1.45. The Morgan fingerprint density at radius 1 is 1.36 bits per heavy atom. The molecule has 2 heterocycles. The minimum Gasteiger partial charge on any atom is -0.317 e. The summed E-state index contributed by atoms with van der Waals surface area (Å²) < 4.78 is 0.923. The Hall–Kier alpha value is -0.0500. The zero-order chi connectivity index (χ0) is 9.80. The largest absolute Gasteiger partial charge is 0.317 e. The summed E-state index contributed by atoms with van der Waals surface area (Å²) in [6.07, 6.45) is 5.22. The highest BCUT2D eigenvalue weighted by Crippen LogP contribution is 2.26. The van der Waals surface area contributed by atoms with Gasteiger partial charge in [0.2, 0.25) is 0 Å². The second-order valence-electron chi connectivity index (χ2n) is 3.96. The fourth-order valence-electron chi connectivity index (χ4n) is 2.04. The summed E-state index contributed by atoms with van der Waals surface area (Å²) in [5.41, 5.74) is 0. The molecule has 1 aliphatic heterocycles. The van der Waals surface area contributed by atoms with Crippen molar-refractivity contribution < 1.29 is 0 Å². The van der Waals surface area contributed by atoms with E-state index in [1.165, 1.54) is 43.6 Å². The Balaban J connectivity index is 1.89. The summed E-state index contributed by atoms with van der Waals surface area (Å²) in [6, 6.07) is 4.18. The van der Waals surface area contributed by atoms with Crippen molar-refractivity contribution in [1.29, 1.82) is 0 Å². The third-order valence-corrected chi connectivity index (χ3v) is 4.07. The van der Waals surface area contributed by atoms with E-state index in [2.05, 4.69) is 11.4 Å². The lowest BCUT2D eigenvalue weighted by molar-refractivity contribution is 0.473. The van der Waals surface area contributed by atoms with Crippen LogP contribution >= 0.6 is 22.9 Å². The first-order valence-corrected chi connectivity index (χ1v) is 6.49. The van der Waals surface area contributed by atoms with Crippen molar-refractivity contribution in [2.24, 2.45) is 5.92 Å². The fourth-order valence-corrected chi connectivity index (χ4v) is 3.24. The van der Waals surface area contributed by atoms with Crippen LogP contribution in [-0.4, -0.2) is 13.1 Å². The standard InChI is InChI=1S/C11H16ClNS/c12-11-4-3-10(14-11)8-9-2-1-6-13-7-5-9/h3-4,9,13H,1-2,5-8H2. The summed E-state index contributed by atoms with van der Waals surface area (Å²) in [5.74, 6) is 0.861. The molecule has 0 radical (unpaired) electrons. The lowest BCUT2D eigenvalue weighted by Crippen LogP contribution is -2.14. The van der Waals surface area contributed by atoms with E-state index >= 15 is 0 Å². The molecular formula is C11H16ClNS. The molecule has 1 unspecified atom stereocenters. The molecule has 1 fully saturated rings. The molecule has 0 aromatic carbocycles. The number of thiophene rings is 1. The third-order valence-electron chi connectivity index (χ3n) is 2.81.